The number of hydrogen-bond donors (Lipinski definition) is 2. The van der Waals surface area contributed by atoms with Gasteiger partial charge in [0.05, 0.1) is 16.5 Å². The zero-order chi connectivity index (χ0) is 19.1. The van der Waals surface area contributed by atoms with E-state index in [1.54, 1.807) is 18.3 Å². The number of hydrogen-bond acceptors (Lipinski definition) is 5. The number of H-pyrrole nitrogens is 1. The molecule has 0 aliphatic carbocycles. The van der Waals surface area contributed by atoms with Crippen molar-refractivity contribution in [3.63, 3.8) is 0 Å². The summed E-state index contributed by atoms with van der Waals surface area (Å²) in [4.78, 5) is 29.1. The lowest BCUT2D eigenvalue weighted by Gasteiger charge is -2.05. The summed E-state index contributed by atoms with van der Waals surface area (Å²) in [5.74, 6) is 0. The molecule has 2 N–H and O–H groups in total. The van der Waals surface area contributed by atoms with Gasteiger partial charge in [0.15, 0.2) is 0 Å². The first-order valence-corrected chi connectivity index (χ1v) is 8.36. The van der Waals surface area contributed by atoms with E-state index in [1.807, 2.05) is 36.4 Å². The molecule has 3 rings (SSSR count). The number of fused-ring (bicyclic) bond motifs is 1. The molecule has 1 aromatic carbocycles. The van der Waals surface area contributed by atoms with Crippen molar-refractivity contribution >= 4 is 28.9 Å². The fourth-order valence-electron chi connectivity index (χ4n) is 2.50. The number of rotatable bonds is 7. The van der Waals surface area contributed by atoms with E-state index in [2.05, 4.69) is 15.3 Å². The SMILES string of the molecule is O=C(NCCC=Cc1cnc2[nH]cc([N+](=O)[O-])c2c1)OCc1ccccc1. The quantitative estimate of drug-likeness (QED) is 0.375. The second-order valence-electron chi connectivity index (χ2n) is 5.78. The average Bonchev–Trinajstić information content (AvgIpc) is 3.10. The number of nitro groups is 1. The van der Waals surface area contributed by atoms with Crippen LogP contribution >= 0.6 is 0 Å². The van der Waals surface area contributed by atoms with Gasteiger partial charge in [-0.25, -0.2) is 9.78 Å². The zero-order valence-corrected chi connectivity index (χ0v) is 14.4. The zero-order valence-electron chi connectivity index (χ0n) is 14.4. The Morgan fingerprint density at radius 2 is 2.15 bits per heavy atom. The Morgan fingerprint density at radius 3 is 2.93 bits per heavy atom. The number of nitrogens with zero attached hydrogens (tertiary/aromatic N) is 2. The van der Waals surface area contributed by atoms with Crippen LogP contribution < -0.4 is 5.32 Å². The Hall–Kier alpha value is -3.68. The van der Waals surface area contributed by atoms with E-state index in [9.17, 15) is 14.9 Å². The first-order chi connectivity index (χ1) is 13.1. The van der Waals surface area contributed by atoms with Crippen molar-refractivity contribution in [1.82, 2.24) is 15.3 Å². The second-order valence-corrected chi connectivity index (χ2v) is 5.78. The van der Waals surface area contributed by atoms with E-state index in [4.69, 9.17) is 4.74 Å². The van der Waals surface area contributed by atoms with E-state index in [0.717, 1.165) is 11.1 Å². The summed E-state index contributed by atoms with van der Waals surface area (Å²) >= 11 is 0. The molecular weight excluding hydrogens is 348 g/mol. The van der Waals surface area contributed by atoms with Crippen molar-refractivity contribution in [2.24, 2.45) is 0 Å². The number of carbonyl (C=O) groups excluding carboxylic acids is 1. The summed E-state index contributed by atoms with van der Waals surface area (Å²) in [6.07, 6.45) is 6.74. The minimum atomic E-state index is -0.474. The van der Waals surface area contributed by atoms with Crippen molar-refractivity contribution in [2.75, 3.05) is 6.54 Å². The highest BCUT2D eigenvalue weighted by atomic mass is 16.6. The van der Waals surface area contributed by atoms with Crippen LogP contribution in [0.3, 0.4) is 0 Å². The van der Waals surface area contributed by atoms with Gasteiger partial charge in [0, 0.05) is 12.7 Å². The molecule has 8 heteroatoms. The van der Waals surface area contributed by atoms with Gasteiger partial charge in [0.25, 0.3) is 5.69 Å². The van der Waals surface area contributed by atoms with Crippen molar-refractivity contribution in [3.8, 4) is 0 Å². The van der Waals surface area contributed by atoms with Crippen LogP contribution in [0.5, 0.6) is 0 Å². The number of benzene rings is 1. The van der Waals surface area contributed by atoms with Gasteiger partial charge >= 0.3 is 6.09 Å². The van der Waals surface area contributed by atoms with E-state index in [0.29, 0.717) is 24.0 Å². The Kier molecular flexibility index (Phi) is 5.78. The number of aromatic amines is 1. The number of amides is 1. The summed E-state index contributed by atoms with van der Waals surface area (Å²) in [6.45, 7) is 0.647. The van der Waals surface area contributed by atoms with Gasteiger partial charge in [-0.1, -0.05) is 42.5 Å². The topological polar surface area (TPSA) is 110 Å². The van der Waals surface area contributed by atoms with Crippen molar-refractivity contribution < 1.29 is 14.5 Å². The summed E-state index contributed by atoms with van der Waals surface area (Å²) in [6, 6.07) is 11.1. The Balaban J connectivity index is 1.45. The molecule has 0 fully saturated rings. The minimum Gasteiger partial charge on any atom is -0.445 e. The number of pyridine rings is 1. The first kappa shape index (κ1) is 18.1. The summed E-state index contributed by atoms with van der Waals surface area (Å²) in [5, 5.41) is 14.1. The average molecular weight is 366 g/mol. The standard InChI is InChI=1S/C19H18N4O4/c24-19(27-13-14-6-2-1-3-7-14)20-9-5-4-8-15-10-16-17(23(25)26)12-22-18(16)21-11-15/h1-4,6-8,10-12H,5,9,13H2,(H,20,24)(H,21,22). The van der Waals surface area contributed by atoms with E-state index < -0.39 is 11.0 Å². The fourth-order valence-corrected chi connectivity index (χ4v) is 2.50. The molecule has 0 radical (unpaired) electrons. The van der Waals surface area contributed by atoms with Gasteiger partial charge in [0.2, 0.25) is 0 Å². The van der Waals surface area contributed by atoms with E-state index in [-0.39, 0.29) is 12.3 Å². The number of carbonyl (C=O) groups is 1. The van der Waals surface area contributed by atoms with Gasteiger partial charge in [-0.15, -0.1) is 0 Å². The van der Waals surface area contributed by atoms with Gasteiger partial charge in [-0.2, -0.15) is 0 Å². The molecule has 0 spiro atoms. The second kappa shape index (κ2) is 8.61. The number of aromatic nitrogens is 2. The lowest BCUT2D eigenvalue weighted by molar-refractivity contribution is -0.383. The predicted octanol–water partition coefficient (Wildman–Crippen LogP) is 3.80. The number of ether oxygens (including phenoxy) is 1. The molecule has 2 heterocycles. The Labute approximate surface area is 155 Å². The molecule has 27 heavy (non-hydrogen) atoms. The molecule has 0 bridgehead atoms. The highest BCUT2D eigenvalue weighted by molar-refractivity contribution is 5.87. The molecule has 3 aromatic rings. The highest BCUT2D eigenvalue weighted by Crippen LogP contribution is 2.24. The monoisotopic (exact) mass is 366 g/mol. The number of alkyl carbamates (subject to hydrolysis) is 1. The van der Waals surface area contributed by atoms with Gasteiger partial charge in [-0.3, -0.25) is 10.1 Å². The minimum absolute atomic E-state index is 0.00409. The molecule has 0 saturated carbocycles. The maximum atomic E-state index is 11.6. The van der Waals surface area contributed by atoms with Gasteiger partial charge in [-0.05, 0) is 23.6 Å². The van der Waals surface area contributed by atoms with Gasteiger partial charge in [0.1, 0.15) is 12.3 Å². The van der Waals surface area contributed by atoms with E-state index in [1.165, 1.54) is 6.20 Å². The van der Waals surface area contributed by atoms with Crippen LogP contribution in [0.1, 0.15) is 17.5 Å². The number of nitrogens with one attached hydrogen (secondary N) is 2. The molecule has 0 aliphatic rings. The van der Waals surface area contributed by atoms with Crippen LogP contribution in [0.15, 0.2) is 54.9 Å². The van der Waals surface area contributed by atoms with Crippen LogP contribution in [0.4, 0.5) is 10.5 Å². The Morgan fingerprint density at radius 1 is 1.33 bits per heavy atom. The van der Waals surface area contributed by atoms with Crippen molar-refractivity contribution in [2.45, 2.75) is 13.0 Å². The molecule has 0 saturated heterocycles. The predicted molar refractivity (Wildman–Crippen MR) is 101 cm³/mol. The van der Waals surface area contributed by atoms with Gasteiger partial charge < -0.3 is 15.0 Å². The van der Waals surface area contributed by atoms with Crippen LogP contribution in [-0.2, 0) is 11.3 Å². The summed E-state index contributed by atoms with van der Waals surface area (Å²) < 4.78 is 5.12. The molecule has 8 nitrogen and oxygen atoms in total. The maximum absolute atomic E-state index is 11.6. The molecule has 0 atom stereocenters. The van der Waals surface area contributed by atoms with Crippen molar-refractivity contribution in [1.29, 1.82) is 0 Å². The Bertz CT molecular complexity index is 966. The molecule has 1 amide bonds. The van der Waals surface area contributed by atoms with Crippen LogP contribution in [0.2, 0.25) is 0 Å². The molecule has 0 aliphatic heterocycles. The fraction of sp³-hybridized carbons (Fsp3) is 0.158. The molecular formula is C19H18N4O4. The normalized spacial score (nSPS) is 11.0. The highest BCUT2D eigenvalue weighted by Gasteiger charge is 2.14. The summed E-state index contributed by atoms with van der Waals surface area (Å²) in [7, 11) is 0. The third-order valence-electron chi connectivity index (χ3n) is 3.83. The van der Waals surface area contributed by atoms with Crippen LogP contribution in [0.25, 0.3) is 17.1 Å². The maximum Gasteiger partial charge on any atom is 0.407 e. The lowest BCUT2D eigenvalue weighted by atomic mass is 10.2. The molecule has 0 unspecified atom stereocenters. The summed E-state index contributed by atoms with van der Waals surface area (Å²) in [5.41, 5.74) is 2.14. The van der Waals surface area contributed by atoms with Crippen LogP contribution in [0, 0.1) is 10.1 Å². The third-order valence-corrected chi connectivity index (χ3v) is 3.83. The van der Waals surface area contributed by atoms with Crippen molar-refractivity contribution in [3.05, 3.63) is 76.1 Å². The van der Waals surface area contributed by atoms with E-state index >= 15 is 0 Å². The van der Waals surface area contributed by atoms with Crippen LogP contribution in [-0.4, -0.2) is 27.5 Å². The smallest absolute Gasteiger partial charge is 0.407 e. The first-order valence-electron chi connectivity index (χ1n) is 8.36. The lowest BCUT2D eigenvalue weighted by Crippen LogP contribution is -2.24. The molecule has 138 valence electrons. The molecule has 2 aromatic heterocycles. The largest absolute Gasteiger partial charge is 0.445 e. The third kappa shape index (κ3) is 4.91.